The molecule has 3 rings (SSSR count). The van der Waals surface area contributed by atoms with Crippen LogP contribution in [0.1, 0.15) is 23.0 Å². The third-order valence-corrected chi connectivity index (χ3v) is 3.39. The zero-order valence-corrected chi connectivity index (χ0v) is 11.0. The number of nitrogens with two attached hydrogens (primary N) is 1. The summed E-state index contributed by atoms with van der Waals surface area (Å²) >= 11 is 0. The molecule has 2 N–H and O–H groups in total. The minimum atomic E-state index is -0.168. The van der Waals surface area contributed by atoms with Crippen LogP contribution in [-0.4, -0.2) is 14.8 Å². The Bertz CT molecular complexity index is 730. The van der Waals surface area contributed by atoms with Crippen LogP contribution >= 0.6 is 0 Å². The second-order valence-corrected chi connectivity index (χ2v) is 4.76. The van der Waals surface area contributed by atoms with Crippen LogP contribution in [0.4, 0.5) is 0 Å². The highest BCUT2D eigenvalue weighted by molar-refractivity contribution is 5.79. The Kier molecular flexibility index (Phi) is 2.80. The van der Waals surface area contributed by atoms with E-state index in [2.05, 4.69) is 22.2 Å². The van der Waals surface area contributed by atoms with Gasteiger partial charge in [0.25, 0.3) is 0 Å². The van der Waals surface area contributed by atoms with E-state index in [-0.39, 0.29) is 6.04 Å². The fraction of sp³-hybridized carbons (Fsp3) is 0.200. The molecule has 2 aromatic heterocycles. The highest BCUT2D eigenvalue weighted by Gasteiger charge is 2.12. The number of fused-ring (bicyclic) bond motifs is 1. The smallest absolute Gasteiger partial charge is 0.0723 e. The van der Waals surface area contributed by atoms with Crippen LogP contribution in [0.2, 0.25) is 0 Å². The van der Waals surface area contributed by atoms with E-state index in [4.69, 9.17) is 5.73 Å². The number of nitrogens with zero attached hydrogens (tertiary/aromatic N) is 3. The largest absolute Gasteiger partial charge is 0.319 e. The van der Waals surface area contributed by atoms with Crippen LogP contribution in [0.5, 0.6) is 0 Å². The summed E-state index contributed by atoms with van der Waals surface area (Å²) in [6.07, 6.45) is 1.77. The molecule has 1 unspecified atom stereocenters. The molecule has 0 radical (unpaired) electrons. The maximum atomic E-state index is 6.30. The van der Waals surface area contributed by atoms with E-state index in [0.717, 1.165) is 27.9 Å². The normalized spacial score (nSPS) is 12.8. The lowest BCUT2D eigenvalue weighted by Crippen LogP contribution is -2.15. The molecule has 0 saturated heterocycles. The number of hydrogen-bond donors (Lipinski definition) is 1. The molecule has 3 aromatic rings. The number of rotatable bonds is 2. The van der Waals surface area contributed by atoms with Crippen LogP contribution in [0.25, 0.3) is 10.9 Å². The molecular formula is C15H16N4. The molecular weight excluding hydrogens is 236 g/mol. The summed E-state index contributed by atoms with van der Waals surface area (Å²) in [5.41, 5.74) is 10.4. The first-order valence-corrected chi connectivity index (χ1v) is 6.26. The maximum absolute atomic E-state index is 6.30. The van der Waals surface area contributed by atoms with E-state index < -0.39 is 0 Å². The maximum Gasteiger partial charge on any atom is 0.0723 e. The van der Waals surface area contributed by atoms with Gasteiger partial charge in [-0.2, -0.15) is 5.10 Å². The summed E-state index contributed by atoms with van der Waals surface area (Å²) in [6.45, 7) is 1.99. The average Bonchev–Trinajstić information content (AvgIpc) is 2.83. The molecule has 0 amide bonds. The van der Waals surface area contributed by atoms with Crippen LogP contribution in [0.15, 0.2) is 42.6 Å². The number of hydrogen-bond acceptors (Lipinski definition) is 3. The molecule has 0 saturated carbocycles. The third-order valence-electron chi connectivity index (χ3n) is 3.39. The van der Waals surface area contributed by atoms with Gasteiger partial charge in [0.2, 0.25) is 0 Å². The number of aromatic nitrogens is 3. The van der Waals surface area contributed by atoms with Crippen molar-refractivity contribution in [3.8, 4) is 0 Å². The van der Waals surface area contributed by atoms with E-state index in [0.29, 0.717) is 0 Å². The Morgan fingerprint density at radius 3 is 2.74 bits per heavy atom. The molecule has 0 spiro atoms. The van der Waals surface area contributed by atoms with Crippen molar-refractivity contribution < 1.29 is 0 Å². The fourth-order valence-corrected chi connectivity index (χ4v) is 2.30. The first kappa shape index (κ1) is 11.9. The monoisotopic (exact) mass is 252 g/mol. The Morgan fingerprint density at radius 2 is 2.00 bits per heavy atom. The van der Waals surface area contributed by atoms with Gasteiger partial charge in [-0.05, 0) is 36.8 Å². The highest BCUT2D eigenvalue weighted by Crippen LogP contribution is 2.22. The molecule has 0 aliphatic carbocycles. The molecule has 0 bridgehead atoms. The zero-order chi connectivity index (χ0) is 13.4. The van der Waals surface area contributed by atoms with Crippen LogP contribution < -0.4 is 5.73 Å². The lowest BCUT2D eigenvalue weighted by Gasteiger charge is -2.13. The summed E-state index contributed by atoms with van der Waals surface area (Å²) < 4.78 is 1.81. The number of benzene rings is 1. The lowest BCUT2D eigenvalue weighted by atomic mass is 10.0. The van der Waals surface area contributed by atoms with Crippen molar-refractivity contribution in [1.29, 1.82) is 0 Å². The molecule has 2 heterocycles. The highest BCUT2D eigenvalue weighted by atomic mass is 15.3. The Morgan fingerprint density at radius 1 is 1.16 bits per heavy atom. The molecule has 0 aliphatic rings. The van der Waals surface area contributed by atoms with Crippen molar-refractivity contribution in [2.75, 3.05) is 0 Å². The molecule has 0 aliphatic heterocycles. The van der Waals surface area contributed by atoms with Crippen LogP contribution in [-0.2, 0) is 7.05 Å². The van der Waals surface area contributed by atoms with Gasteiger partial charge in [-0.1, -0.05) is 12.1 Å². The molecule has 4 heteroatoms. The fourth-order valence-electron chi connectivity index (χ4n) is 2.30. The third kappa shape index (κ3) is 2.11. The predicted molar refractivity (Wildman–Crippen MR) is 75.7 cm³/mol. The van der Waals surface area contributed by atoms with E-state index in [1.807, 2.05) is 42.9 Å². The number of pyridine rings is 1. The van der Waals surface area contributed by atoms with Gasteiger partial charge in [-0.25, -0.2) is 0 Å². The van der Waals surface area contributed by atoms with Crippen molar-refractivity contribution in [3.05, 3.63) is 59.5 Å². The number of aryl methyl sites for hydroxylation is 2. The minimum absolute atomic E-state index is 0.168. The van der Waals surface area contributed by atoms with E-state index >= 15 is 0 Å². The second kappa shape index (κ2) is 4.48. The van der Waals surface area contributed by atoms with Gasteiger partial charge >= 0.3 is 0 Å². The van der Waals surface area contributed by atoms with E-state index in [1.165, 1.54) is 0 Å². The van der Waals surface area contributed by atoms with Crippen molar-refractivity contribution in [2.24, 2.45) is 12.8 Å². The molecule has 4 nitrogen and oxygen atoms in total. The van der Waals surface area contributed by atoms with E-state index in [1.54, 1.807) is 6.20 Å². The van der Waals surface area contributed by atoms with Gasteiger partial charge in [-0.3, -0.25) is 9.67 Å². The van der Waals surface area contributed by atoms with Gasteiger partial charge in [0.15, 0.2) is 0 Å². The Balaban J connectivity index is 2.06. The Labute approximate surface area is 111 Å². The first-order chi connectivity index (χ1) is 9.15. The van der Waals surface area contributed by atoms with Crippen molar-refractivity contribution >= 4 is 10.9 Å². The van der Waals surface area contributed by atoms with Gasteiger partial charge < -0.3 is 5.73 Å². The van der Waals surface area contributed by atoms with Gasteiger partial charge in [0, 0.05) is 24.3 Å². The first-order valence-electron chi connectivity index (χ1n) is 6.26. The molecule has 19 heavy (non-hydrogen) atoms. The average molecular weight is 252 g/mol. The summed E-state index contributed by atoms with van der Waals surface area (Å²) in [4.78, 5) is 4.50. The zero-order valence-electron chi connectivity index (χ0n) is 11.0. The summed E-state index contributed by atoms with van der Waals surface area (Å²) in [7, 11) is 1.90. The summed E-state index contributed by atoms with van der Waals surface area (Å²) in [5.74, 6) is 0. The summed E-state index contributed by atoms with van der Waals surface area (Å²) in [5, 5.41) is 5.27. The van der Waals surface area contributed by atoms with Crippen LogP contribution in [0.3, 0.4) is 0 Å². The minimum Gasteiger partial charge on any atom is -0.319 e. The molecule has 96 valence electrons. The van der Waals surface area contributed by atoms with Crippen molar-refractivity contribution in [2.45, 2.75) is 13.0 Å². The van der Waals surface area contributed by atoms with Crippen molar-refractivity contribution in [1.82, 2.24) is 14.8 Å². The SMILES string of the molecule is Cc1ccc2cc(C(N)c3ccnn3C)ccc2n1. The topological polar surface area (TPSA) is 56.7 Å². The predicted octanol–water partition coefficient (Wildman–Crippen LogP) is 2.32. The lowest BCUT2D eigenvalue weighted by molar-refractivity contribution is 0.673. The summed E-state index contributed by atoms with van der Waals surface area (Å²) in [6, 6.07) is 12.0. The quantitative estimate of drug-likeness (QED) is 0.761. The molecule has 0 fully saturated rings. The van der Waals surface area contributed by atoms with Gasteiger partial charge in [0.1, 0.15) is 0 Å². The molecule has 1 aromatic carbocycles. The standard InChI is InChI=1S/C15H16N4/c1-10-3-4-11-9-12(5-6-13(11)18-10)15(16)14-7-8-17-19(14)2/h3-9,15H,16H2,1-2H3. The van der Waals surface area contributed by atoms with Crippen LogP contribution in [0, 0.1) is 6.92 Å². The van der Waals surface area contributed by atoms with Crippen molar-refractivity contribution in [3.63, 3.8) is 0 Å². The Hall–Kier alpha value is -2.20. The second-order valence-electron chi connectivity index (χ2n) is 4.76. The van der Waals surface area contributed by atoms with Gasteiger partial charge in [0.05, 0.1) is 17.3 Å². The van der Waals surface area contributed by atoms with Gasteiger partial charge in [-0.15, -0.1) is 0 Å². The van der Waals surface area contributed by atoms with E-state index in [9.17, 15) is 0 Å². The molecule has 1 atom stereocenters.